The number of nitrogens with zero attached hydrogens (tertiary/aromatic N) is 3. The van der Waals surface area contributed by atoms with Gasteiger partial charge in [-0.25, -0.2) is 0 Å². The number of rotatable bonds is 6. The van der Waals surface area contributed by atoms with Crippen molar-refractivity contribution in [2.45, 2.75) is 38.7 Å². The number of aromatic nitrogens is 2. The molecule has 0 aliphatic heterocycles. The third-order valence-corrected chi connectivity index (χ3v) is 3.54. The molecule has 0 aliphatic carbocycles. The van der Waals surface area contributed by atoms with Crippen molar-refractivity contribution < 1.29 is 18.3 Å². The first-order valence-electron chi connectivity index (χ1n) is 7.63. The largest absolute Gasteiger partial charge is 0.433 e. The van der Waals surface area contributed by atoms with Crippen molar-refractivity contribution in [3.63, 3.8) is 0 Å². The molecule has 1 aromatic heterocycles. The Morgan fingerprint density at radius 2 is 1.75 bits per heavy atom. The number of aliphatic hydroxyl groups is 1. The molecule has 1 N–H and O–H groups in total. The molecular weight excluding hydrogens is 319 g/mol. The van der Waals surface area contributed by atoms with Crippen molar-refractivity contribution in [2.24, 2.45) is 7.05 Å². The predicted octanol–water partition coefficient (Wildman–Crippen LogP) is 3.21. The van der Waals surface area contributed by atoms with Gasteiger partial charge in [0.05, 0.1) is 11.8 Å². The van der Waals surface area contributed by atoms with Crippen LogP contribution in [0.5, 0.6) is 0 Å². The summed E-state index contributed by atoms with van der Waals surface area (Å²) in [4.78, 5) is 1.79. The quantitative estimate of drug-likeness (QED) is 0.877. The van der Waals surface area contributed by atoms with E-state index in [-0.39, 0.29) is 18.7 Å². The smallest absolute Gasteiger partial charge is 0.389 e. The van der Waals surface area contributed by atoms with Crippen LogP contribution in [0.3, 0.4) is 0 Å². The summed E-state index contributed by atoms with van der Waals surface area (Å²) < 4.78 is 40.5. The third kappa shape index (κ3) is 5.07. The van der Waals surface area contributed by atoms with Gasteiger partial charge in [-0.15, -0.1) is 0 Å². The van der Waals surface area contributed by atoms with Crippen LogP contribution >= 0.6 is 0 Å². The number of benzene rings is 1. The van der Waals surface area contributed by atoms with Crippen LogP contribution < -0.4 is 0 Å². The van der Waals surface area contributed by atoms with Gasteiger partial charge in [-0.2, -0.15) is 18.3 Å². The summed E-state index contributed by atoms with van der Waals surface area (Å²) in [6, 6.07) is 9.45. The second kappa shape index (κ2) is 6.94. The fourth-order valence-corrected chi connectivity index (χ4v) is 2.76. The van der Waals surface area contributed by atoms with Gasteiger partial charge in [0.25, 0.3) is 0 Å². The Labute approximate surface area is 139 Å². The highest BCUT2D eigenvalue weighted by Crippen LogP contribution is 2.32. The summed E-state index contributed by atoms with van der Waals surface area (Å²) in [5.74, 6) is 0. The highest BCUT2D eigenvalue weighted by molar-refractivity contribution is 5.21. The van der Waals surface area contributed by atoms with Crippen LogP contribution in [0.2, 0.25) is 0 Å². The van der Waals surface area contributed by atoms with Crippen LogP contribution in [0.1, 0.15) is 30.7 Å². The first-order chi connectivity index (χ1) is 11.1. The van der Waals surface area contributed by atoms with Gasteiger partial charge in [0.2, 0.25) is 0 Å². The second-order valence-electron chi connectivity index (χ2n) is 6.58. The maximum atomic E-state index is 13.2. The molecule has 0 spiro atoms. The molecule has 0 radical (unpaired) electrons. The first kappa shape index (κ1) is 18.5. The lowest BCUT2D eigenvalue weighted by Crippen LogP contribution is -2.38. The average Bonchev–Trinajstić information content (AvgIpc) is 2.78. The molecule has 2 rings (SSSR count). The summed E-state index contributed by atoms with van der Waals surface area (Å²) >= 11 is 0. The maximum Gasteiger partial charge on any atom is 0.433 e. The highest BCUT2D eigenvalue weighted by Gasteiger charge is 2.37. The Morgan fingerprint density at radius 3 is 2.29 bits per heavy atom. The van der Waals surface area contributed by atoms with Gasteiger partial charge in [-0.05, 0) is 19.4 Å². The molecule has 2 aromatic rings. The van der Waals surface area contributed by atoms with Gasteiger partial charge < -0.3 is 5.11 Å². The minimum atomic E-state index is -4.46. The molecule has 0 unspecified atom stereocenters. The molecule has 0 amide bonds. The van der Waals surface area contributed by atoms with E-state index < -0.39 is 17.5 Å². The Bertz CT molecular complexity index is 660. The van der Waals surface area contributed by atoms with Gasteiger partial charge in [0, 0.05) is 32.2 Å². The van der Waals surface area contributed by atoms with Gasteiger partial charge >= 0.3 is 6.18 Å². The molecule has 4 nitrogen and oxygen atoms in total. The van der Waals surface area contributed by atoms with Crippen LogP contribution in [-0.4, -0.2) is 31.9 Å². The molecule has 0 atom stereocenters. The van der Waals surface area contributed by atoms with Gasteiger partial charge in [0.15, 0.2) is 0 Å². The van der Waals surface area contributed by atoms with E-state index in [9.17, 15) is 18.3 Å². The summed E-state index contributed by atoms with van der Waals surface area (Å²) in [7, 11) is 1.28. The van der Waals surface area contributed by atoms with E-state index in [1.165, 1.54) is 13.2 Å². The van der Waals surface area contributed by atoms with Crippen molar-refractivity contribution in [2.75, 3.05) is 6.54 Å². The number of aryl methyl sites for hydroxylation is 1. The zero-order valence-electron chi connectivity index (χ0n) is 14.0. The lowest BCUT2D eigenvalue weighted by Gasteiger charge is -2.29. The summed E-state index contributed by atoms with van der Waals surface area (Å²) in [5, 5.41) is 13.8. The number of halogens is 3. The third-order valence-electron chi connectivity index (χ3n) is 3.54. The monoisotopic (exact) mass is 341 g/mol. The summed E-state index contributed by atoms with van der Waals surface area (Å²) in [5.41, 5.74) is -0.698. The van der Waals surface area contributed by atoms with Crippen molar-refractivity contribution in [3.05, 3.63) is 53.3 Å². The average molecular weight is 341 g/mol. The van der Waals surface area contributed by atoms with E-state index in [1.54, 1.807) is 18.7 Å². The van der Waals surface area contributed by atoms with E-state index >= 15 is 0 Å². The minimum Gasteiger partial charge on any atom is -0.389 e. The molecule has 1 aromatic carbocycles. The second-order valence-corrected chi connectivity index (χ2v) is 6.58. The lowest BCUT2D eigenvalue weighted by molar-refractivity contribution is -0.144. The maximum absolute atomic E-state index is 13.2. The molecule has 0 saturated heterocycles. The Kier molecular flexibility index (Phi) is 5.35. The van der Waals surface area contributed by atoms with Crippen LogP contribution in [0.25, 0.3) is 0 Å². The highest BCUT2D eigenvalue weighted by atomic mass is 19.4. The minimum absolute atomic E-state index is 0.0571. The van der Waals surface area contributed by atoms with E-state index in [0.29, 0.717) is 6.54 Å². The summed E-state index contributed by atoms with van der Waals surface area (Å²) in [6.45, 7) is 4.02. The molecule has 132 valence electrons. The number of hydrogen-bond donors (Lipinski definition) is 1. The van der Waals surface area contributed by atoms with E-state index in [4.69, 9.17) is 0 Å². The molecule has 0 aliphatic rings. The molecule has 0 saturated carbocycles. The zero-order valence-corrected chi connectivity index (χ0v) is 14.0. The van der Waals surface area contributed by atoms with Crippen LogP contribution in [0, 0.1) is 0 Å². The van der Waals surface area contributed by atoms with E-state index in [0.717, 1.165) is 10.2 Å². The molecule has 24 heavy (non-hydrogen) atoms. The van der Waals surface area contributed by atoms with Crippen molar-refractivity contribution >= 4 is 0 Å². The van der Waals surface area contributed by atoms with Gasteiger partial charge in [-0.1, -0.05) is 30.3 Å². The Morgan fingerprint density at radius 1 is 1.12 bits per heavy atom. The van der Waals surface area contributed by atoms with Crippen LogP contribution in [0.15, 0.2) is 36.5 Å². The number of hydrogen-bond acceptors (Lipinski definition) is 3. The zero-order chi connectivity index (χ0) is 18.0. The summed E-state index contributed by atoms with van der Waals surface area (Å²) in [6.07, 6.45) is -3.22. The van der Waals surface area contributed by atoms with E-state index in [1.807, 2.05) is 30.3 Å². The SMILES string of the molecule is Cn1ncc(CN(Cc2ccccc2)CC(C)(C)O)c1C(F)(F)F. The molecular formula is C17H22F3N3O. The fourth-order valence-electron chi connectivity index (χ4n) is 2.76. The standard InChI is InChI=1S/C17H22F3N3O/c1-16(2,24)12-23(10-13-7-5-4-6-8-13)11-14-9-21-22(3)15(14)17(18,19)20/h4-9,24H,10-12H2,1-3H3. The van der Waals surface area contributed by atoms with Crippen molar-refractivity contribution in [1.82, 2.24) is 14.7 Å². The van der Waals surface area contributed by atoms with Crippen LogP contribution in [-0.2, 0) is 26.3 Å². The Balaban J connectivity index is 2.26. The number of alkyl halides is 3. The molecule has 7 heteroatoms. The lowest BCUT2D eigenvalue weighted by atomic mass is 10.1. The molecule has 0 fully saturated rings. The topological polar surface area (TPSA) is 41.3 Å². The van der Waals surface area contributed by atoms with Gasteiger partial charge in [0.1, 0.15) is 5.69 Å². The predicted molar refractivity (Wildman–Crippen MR) is 85.1 cm³/mol. The Hall–Kier alpha value is -1.86. The van der Waals surface area contributed by atoms with Crippen molar-refractivity contribution in [3.8, 4) is 0 Å². The normalized spacial score (nSPS) is 12.8. The van der Waals surface area contributed by atoms with E-state index in [2.05, 4.69) is 5.10 Å². The van der Waals surface area contributed by atoms with Crippen LogP contribution in [0.4, 0.5) is 13.2 Å². The fraction of sp³-hybridized carbons (Fsp3) is 0.471. The molecule has 1 heterocycles. The van der Waals surface area contributed by atoms with Gasteiger partial charge in [-0.3, -0.25) is 9.58 Å². The van der Waals surface area contributed by atoms with Crippen molar-refractivity contribution in [1.29, 1.82) is 0 Å². The molecule has 0 bridgehead atoms. The first-order valence-corrected chi connectivity index (χ1v) is 7.63.